The highest BCUT2D eigenvalue weighted by Gasteiger charge is 2.22. The van der Waals surface area contributed by atoms with Crippen LogP contribution in [0.15, 0.2) is 112 Å². The molecule has 0 aliphatic rings. The van der Waals surface area contributed by atoms with E-state index in [1.54, 1.807) is 30.3 Å². The number of pyridine rings is 1. The Morgan fingerprint density at radius 3 is 2.58 bits per heavy atom. The Balaban J connectivity index is 1.51. The SMILES string of the molecule is O=NC(c1ccc2ccccc2n1)c1cc(-c2cccc(=O)n(-c3ccc(F)cc3)c(CCCCC(=O)O)ncc2)no1. The maximum atomic E-state index is 13.6. The van der Waals surface area contributed by atoms with Gasteiger partial charge < -0.3 is 9.63 Å². The van der Waals surface area contributed by atoms with Crippen LogP contribution in [0.1, 0.15) is 42.6 Å². The van der Waals surface area contributed by atoms with Crippen LogP contribution < -0.4 is 5.56 Å². The fraction of sp³-hybridized carbons (Fsp3) is 0.156. The molecule has 5 aromatic rings. The van der Waals surface area contributed by atoms with Crippen molar-refractivity contribution in [3.05, 3.63) is 136 Å². The number of unbranched alkanes of at least 4 members (excludes halogenated alkanes) is 1. The minimum Gasteiger partial charge on any atom is -0.481 e. The molecule has 0 aliphatic carbocycles. The van der Waals surface area contributed by atoms with E-state index < -0.39 is 23.4 Å². The van der Waals surface area contributed by atoms with Crippen molar-refractivity contribution in [3.8, 4) is 16.9 Å². The third-order valence-electron chi connectivity index (χ3n) is 6.70. The van der Waals surface area contributed by atoms with Crippen molar-refractivity contribution in [1.82, 2.24) is 19.7 Å². The van der Waals surface area contributed by atoms with Crippen LogP contribution in [0, 0.1) is 10.7 Å². The van der Waals surface area contributed by atoms with Gasteiger partial charge in [0.05, 0.1) is 16.9 Å². The molecule has 0 amide bonds. The van der Waals surface area contributed by atoms with Gasteiger partial charge >= 0.3 is 5.97 Å². The Kier molecular flexibility index (Phi) is 9.01. The van der Waals surface area contributed by atoms with Crippen LogP contribution in [-0.4, -0.2) is 30.8 Å². The van der Waals surface area contributed by atoms with Crippen molar-refractivity contribution in [3.63, 3.8) is 0 Å². The van der Waals surface area contributed by atoms with Gasteiger partial charge in [-0.1, -0.05) is 46.7 Å². The minimum atomic E-state index is -1.02. The number of nitroso groups, excluding NO2 is 1. The van der Waals surface area contributed by atoms with Gasteiger partial charge in [-0.15, -0.1) is 4.91 Å². The molecule has 3 heterocycles. The van der Waals surface area contributed by atoms with Gasteiger partial charge in [-0.3, -0.25) is 14.2 Å². The molecule has 0 saturated heterocycles. The van der Waals surface area contributed by atoms with Crippen molar-refractivity contribution < 1.29 is 18.8 Å². The zero-order valence-electron chi connectivity index (χ0n) is 22.8. The van der Waals surface area contributed by atoms with Gasteiger partial charge in [0.1, 0.15) is 17.3 Å². The van der Waals surface area contributed by atoms with E-state index in [2.05, 4.69) is 20.3 Å². The summed E-state index contributed by atoms with van der Waals surface area (Å²) in [6.45, 7) is 0. The molecule has 0 radical (unpaired) electrons. The molecule has 0 aliphatic heterocycles. The van der Waals surface area contributed by atoms with Gasteiger partial charge in [0, 0.05) is 42.1 Å². The van der Waals surface area contributed by atoms with Crippen LogP contribution in [0.2, 0.25) is 0 Å². The van der Waals surface area contributed by atoms with Crippen LogP contribution in [0.25, 0.3) is 27.8 Å². The molecule has 0 saturated carbocycles. The predicted molar refractivity (Wildman–Crippen MR) is 157 cm³/mol. The summed E-state index contributed by atoms with van der Waals surface area (Å²) < 4.78 is 20.5. The molecule has 10 nitrogen and oxygen atoms in total. The first-order valence-corrected chi connectivity index (χ1v) is 13.5. The molecule has 3 aromatic heterocycles. The number of hydrogen-bond acceptors (Lipinski definition) is 8. The highest BCUT2D eigenvalue weighted by atomic mass is 19.1. The standard InChI is InChI=1S/C32H26FN5O5/c33-23-13-15-24(16-14-23)38-29(9-3-4-11-31(40)41)34-19-18-22(7-5-10-30(38)39)27-20-28(43-37-27)32(36-42)26-17-12-21-6-1-2-8-25(21)35-26/h1-2,5-8,10,12-20,32H,3-4,9,11H2,(H,40,41). The number of nitrogens with zero attached hydrogens (tertiary/aromatic N) is 5. The molecule has 0 spiro atoms. The number of hydrogen-bond donors (Lipinski definition) is 1. The lowest BCUT2D eigenvalue weighted by atomic mass is 10.1. The zero-order chi connectivity index (χ0) is 30.2. The summed E-state index contributed by atoms with van der Waals surface area (Å²) in [7, 11) is 0. The van der Waals surface area contributed by atoms with Gasteiger partial charge in [0.15, 0.2) is 11.8 Å². The molecule has 2 aromatic carbocycles. The summed E-state index contributed by atoms with van der Waals surface area (Å²) in [4.78, 5) is 45.2. The molecule has 0 fully saturated rings. The largest absolute Gasteiger partial charge is 0.481 e. The molecule has 43 heavy (non-hydrogen) atoms. The lowest BCUT2D eigenvalue weighted by Gasteiger charge is -2.10. The van der Waals surface area contributed by atoms with Crippen molar-refractivity contribution in [2.45, 2.75) is 31.7 Å². The Bertz CT molecular complexity index is 1890. The maximum Gasteiger partial charge on any atom is 0.303 e. The maximum absolute atomic E-state index is 13.6. The lowest BCUT2D eigenvalue weighted by molar-refractivity contribution is -0.137. The number of benzene rings is 2. The summed E-state index contributed by atoms with van der Waals surface area (Å²) in [5.41, 5.74) is 2.04. The molecule has 1 atom stereocenters. The number of aromatic nitrogens is 4. The second-order valence-electron chi connectivity index (χ2n) is 9.64. The average molecular weight is 580 g/mol. The molecular formula is C32H26FN5O5. The van der Waals surface area contributed by atoms with E-state index in [0.29, 0.717) is 53.2 Å². The van der Waals surface area contributed by atoms with Gasteiger partial charge in [0.2, 0.25) is 0 Å². The van der Waals surface area contributed by atoms with Crippen LogP contribution in [0.3, 0.4) is 0 Å². The first kappa shape index (κ1) is 28.9. The Morgan fingerprint density at radius 1 is 0.977 bits per heavy atom. The normalized spacial score (nSPS) is 11.6. The van der Waals surface area contributed by atoms with Crippen molar-refractivity contribution >= 4 is 16.9 Å². The van der Waals surface area contributed by atoms with Crippen LogP contribution in [0.4, 0.5) is 4.39 Å². The summed E-state index contributed by atoms with van der Waals surface area (Å²) in [6.07, 6.45) is 2.64. The number of fused-ring (bicyclic) bond motifs is 1. The van der Waals surface area contributed by atoms with E-state index in [-0.39, 0.29) is 12.2 Å². The molecule has 0 bridgehead atoms. The molecule has 5 rings (SSSR count). The highest BCUT2D eigenvalue weighted by Crippen LogP contribution is 2.29. The molecule has 216 valence electrons. The molecule has 1 N–H and O–H groups in total. The van der Waals surface area contributed by atoms with Crippen LogP contribution in [-0.2, 0) is 11.2 Å². The average Bonchev–Trinajstić information content (AvgIpc) is 3.49. The summed E-state index contributed by atoms with van der Waals surface area (Å²) in [6, 6.07) is 23.3. The van der Waals surface area contributed by atoms with Crippen molar-refractivity contribution in [2.75, 3.05) is 0 Å². The first-order chi connectivity index (χ1) is 20.9. The van der Waals surface area contributed by atoms with E-state index in [1.807, 2.05) is 30.3 Å². The summed E-state index contributed by atoms with van der Waals surface area (Å²) >= 11 is 0. The number of rotatable bonds is 10. The summed E-state index contributed by atoms with van der Waals surface area (Å²) in [5, 5.41) is 17.3. The number of halogens is 1. The fourth-order valence-corrected chi connectivity index (χ4v) is 4.57. The third-order valence-corrected chi connectivity index (χ3v) is 6.70. The Hall–Kier alpha value is -5.58. The minimum absolute atomic E-state index is 0.0136. The van der Waals surface area contributed by atoms with Gasteiger partial charge in [-0.25, -0.2) is 14.4 Å². The van der Waals surface area contributed by atoms with E-state index in [4.69, 9.17) is 9.63 Å². The molecule has 11 heteroatoms. The number of aliphatic carboxylic acids is 1. The van der Waals surface area contributed by atoms with Crippen LogP contribution in [0.5, 0.6) is 0 Å². The van der Waals surface area contributed by atoms with E-state index >= 15 is 0 Å². The van der Waals surface area contributed by atoms with Crippen molar-refractivity contribution in [1.29, 1.82) is 0 Å². The number of para-hydroxylation sites is 1. The van der Waals surface area contributed by atoms with Gasteiger partial charge in [0.25, 0.3) is 5.56 Å². The van der Waals surface area contributed by atoms with E-state index in [1.165, 1.54) is 41.1 Å². The molecule has 1 unspecified atom stereocenters. The van der Waals surface area contributed by atoms with E-state index in [9.17, 15) is 18.9 Å². The third kappa shape index (κ3) is 7.02. The zero-order valence-corrected chi connectivity index (χ0v) is 22.8. The number of carbonyl (C=O) groups is 1. The monoisotopic (exact) mass is 579 g/mol. The van der Waals surface area contributed by atoms with Gasteiger partial charge in [-0.05, 0) is 55.3 Å². The summed E-state index contributed by atoms with van der Waals surface area (Å²) in [5.74, 6) is -0.801. The topological polar surface area (TPSA) is 141 Å². The Labute approximate surface area is 244 Å². The van der Waals surface area contributed by atoms with Crippen molar-refractivity contribution in [2.24, 2.45) is 5.18 Å². The Morgan fingerprint density at radius 2 is 1.79 bits per heavy atom. The molecular weight excluding hydrogens is 553 g/mol. The first-order valence-electron chi connectivity index (χ1n) is 13.5. The second kappa shape index (κ2) is 13.4. The number of carboxylic acid groups (broad SMARTS) is 1. The van der Waals surface area contributed by atoms with Gasteiger partial charge in [-0.2, -0.15) is 0 Å². The highest BCUT2D eigenvalue weighted by molar-refractivity contribution is 5.78. The van der Waals surface area contributed by atoms with E-state index in [0.717, 1.165) is 5.39 Å². The number of aryl methyl sites for hydroxylation is 1. The quantitative estimate of drug-likeness (QED) is 0.149. The van der Waals surface area contributed by atoms with Crippen LogP contribution >= 0.6 is 0 Å². The lowest BCUT2D eigenvalue weighted by Crippen LogP contribution is -2.20. The predicted octanol–water partition coefficient (Wildman–Crippen LogP) is 6.35. The number of carboxylic acids is 1. The second-order valence-corrected chi connectivity index (χ2v) is 9.64. The smallest absolute Gasteiger partial charge is 0.303 e. The fourth-order valence-electron chi connectivity index (χ4n) is 4.57.